The number of methoxy groups -OCH3 is 2. The van der Waals surface area contributed by atoms with Crippen molar-refractivity contribution >= 4 is 28.8 Å². The van der Waals surface area contributed by atoms with Crippen molar-refractivity contribution in [2.24, 2.45) is 5.10 Å². The Morgan fingerprint density at radius 3 is 2.62 bits per heavy atom. The smallest absolute Gasteiger partial charge is 0.349 e. The monoisotopic (exact) mass is 442 g/mol. The van der Waals surface area contributed by atoms with Gasteiger partial charge in [-0.15, -0.1) is 4.68 Å². The highest BCUT2D eigenvalue weighted by Crippen LogP contribution is 2.38. The number of carbonyl (C=O) groups excluding carboxylic acids is 1. The van der Waals surface area contributed by atoms with Gasteiger partial charge in [-0.05, 0) is 25.1 Å². The molecule has 12 nitrogen and oxygen atoms in total. The van der Waals surface area contributed by atoms with Crippen LogP contribution < -0.4 is 20.7 Å². The summed E-state index contributed by atoms with van der Waals surface area (Å²) in [6, 6.07) is 8.86. The number of hydrogen-bond donors (Lipinski definition) is 1. The number of aromatic amines is 1. The van der Waals surface area contributed by atoms with Crippen LogP contribution in [0.5, 0.6) is 11.5 Å². The van der Waals surface area contributed by atoms with E-state index in [0.29, 0.717) is 10.2 Å². The van der Waals surface area contributed by atoms with Crippen LogP contribution in [0.3, 0.4) is 0 Å². The van der Waals surface area contributed by atoms with Gasteiger partial charge in [-0.25, -0.2) is 9.59 Å². The number of carbonyl (C=O) groups is 1. The molecule has 0 aliphatic rings. The number of hydrogen-bond acceptors (Lipinski definition) is 9. The number of nitrogens with zero attached hydrogens (tertiary/aromatic N) is 3. The Hall–Kier alpha value is -4.48. The van der Waals surface area contributed by atoms with Gasteiger partial charge >= 0.3 is 17.3 Å². The van der Waals surface area contributed by atoms with E-state index in [2.05, 4.69) is 14.8 Å². The van der Waals surface area contributed by atoms with Gasteiger partial charge in [-0.3, -0.25) is 14.9 Å². The highest BCUT2D eigenvalue weighted by molar-refractivity contribution is 5.84. The minimum atomic E-state index is -1.14. The zero-order valence-corrected chi connectivity index (χ0v) is 17.2. The SMILES string of the molecule is COC(=O)[C@H](C)Oc1c(OC)cc(C=Nn2c(=O)[nH]c3ccccc3c2=O)cc1[N+](=O)[O-]. The lowest BCUT2D eigenvalue weighted by Gasteiger charge is -2.15. The van der Waals surface area contributed by atoms with Gasteiger partial charge in [0.15, 0.2) is 11.9 Å². The maximum Gasteiger partial charge on any atom is 0.349 e. The van der Waals surface area contributed by atoms with Gasteiger partial charge in [0.1, 0.15) is 0 Å². The molecule has 0 aliphatic carbocycles. The summed E-state index contributed by atoms with van der Waals surface area (Å²) in [7, 11) is 2.41. The number of rotatable bonds is 7. The standard InChI is InChI=1S/C20H18N4O8/c1-11(19(26)31-3)32-17-15(24(28)29)8-12(9-16(17)30-2)10-21-23-18(25)13-6-4-5-7-14(13)22-20(23)27/h4-11H,1-3H3,(H,22,27)/t11-/m0/s1. The van der Waals surface area contributed by atoms with Crippen molar-refractivity contribution in [3.8, 4) is 11.5 Å². The molecule has 0 saturated heterocycles. The third kappa shape index (κ3) is 4.33. The second kappa shape index (κ2) is 9.12. The Kier molecular flexibility index (Phi) is 6.33. The summed E-state index contributed by atoms with van der Waals surface area (Å²) in [4.78, 5) is 49.8. The third-order valence-electron chi connectivity index (χ3n) is 4.41. The van der Waals surface area contributed by atoms with E-state index < -0.39 is 33.9 Å². The summed E-state index contributed by atoms with van der Waals surface area (Å²) >= 11 is 0. The zero-order valence-electron chi connectivity index (χ0n) is 17.2. The number of H-pyrrole nitrogens is 1. The zero-order chi connectivity index (χ0) is 23.4. The van der Waals surface area contributed by atoms with Gasteiger partial charge in [-0.1, -0.05) is 12.1 Å². The molecule has 32 heavy (non-hydrogen) atoms. The number of fused-ring (bicyclic) bond motifs is 1. The second-order valence-corrected chi connectivity index (χ2v) is 6.45. The van der Waals surface area contributed by atoms with Crippen molar-refractivity contribution in [3.05, 3.63) is 72.9 Å². The van der Waals surface area contributed by atoms with Gasteiger partial charge < -0.3 is 19.2 Å². The first kappa shape index (κ1) is 22.2. The summed E-state index contributed by atoms with van der Waals surface area (Å²) in [5.41, 5.74) is -1.45. The average molecular weight is 442 g/mol. The van der Waals surface area contributed by atoms with Crippen molar-refractivity contribution < 1.29 is 23.9 Å². The van der Waals surface area contributed by atoms with Crippen LogP contribution in [0.4, 0.5) is 5.69 Å². The van der Waals surface area contributed by atoms with Crippen LogP contribution in [0.2, 0.25) is 0 Å². The molecular weight excluding hydrogens is 424 g/mol. The lowest BCUT2D eigenvalue weighted by molar-refractivity contribution is -0.386. The van der Waals surface area contributed by atoms with E-state index in [1.165, 1.54) is 26.2 Å². The van der Waals surface area contributed by atoms with Crippen molar-refractivity contribution in [2.75, 3.05) is 14.2 Å². The van der Waals surface area contributed by atoms with Crippen LogP contribution in [0.25, 0.3) is 10.9 Å². The molecule has 0 spiro atoms. The van der Waals surface area contributed by atoms with E-state index in [4.69, 9.17) is 9.47 Å². The number of esters is 1. The van der Waals surface area contributed by atoms with Crippen LogP contribution in [0.15, 0.2) is 51.1 Å². The Morgan fingerprint density at radius 2 is 1.97 bits per heavy atom. The lowest BCUT2D eigenvalue weighted by Crippen LogP contribution is -2.32. The fourth-order valence-electron chi connectivity index (χ4n) is 2.86. The number of benzene rings is 2. The minimum absolute atomic E-state index is 0.0591. The predicted molar refractivity (Wildman–Crippen MR) is 114 cm³/mol. The molecule has 1 atom stereocenters. The number of aromatic nitrogens is 2. The fraction of sp³-hybridized carbons (Fsp3) is 0.200. The molecule has 0 fully saturated rings. The summed E-state index contributed by atoms with van der Waals surface area (Å²) in [5.74, 6) is -1.08. The van der Waals surface area contributed by atoms with Gasteiger partial charge in [-0.2, -0.15) is 5.10 Å². The first-order chi connectivity index (χ1) is 15.3. The van der Waals surface area contributed by atoms with E-state index in [0.717, 1.165) is 19.4 Å². The third-order valence-corrected chi connectivity index (χ3v) is 4.41. The van der Waals surface area contributed by atoms with E-state index in [1.54, 1.807) is 18.2 Å². The second-order valence-electron chi connectivity index (χ2n) is 6.45. The minimum Gasteiger partial charge on any atom is -0.493 e. The van der Waals surface area contributed by atoms with E-state index in [1.807, 2.05) is 0 Å². The van der Waals surface area contributed by atoms with Crippen LogP contribution in [-0.4, -0.2) is 47.1 Å². The first-order valence-electron chi connectivity index (χ1n) is 9.16. The van der Waals surface area contributed by atoms with Crippen molar-refractivity contribution in [1.29, 1.82) is 0 Å². The van der Waals surface area contributed by atoms with Crippen LogP contribution in [0.1, 0.15) is 12.5 Å². The molecule has 1 N–H and O–H groups in total. The molecule has 0 amide bonds. The van der Waals surface area contributed by atoms with Crippen LogP contribution >= 0.6 is 0 Å². The molecule has 3 aromatic rings. The molecule has 166 valence electrons. The molecule has 1 heterocycles. The largest absolute Gasteiger partial charge is 0.493 e. The van der Waals surface area contributed by atoms with Gasteiger partial charge in [0.25, 0.3) is 5.56 Å². The average Bonchev–Trinajstić information content (AvgIpc) is 2.78. The van der Waals surface area contributed by atoms with E-state index >= 15 is 0 Å². The molecule has 0 radical (unpaired) electrons. The van der Waals surface area contributed by atoms with Gasteiger partial charge in [0.05, 0.1) is 36.3 Å². The molecule has 0 bridgehead atoms. The Morgan fingerprint density at radius 1 is 1.25 bits per heavy atom. The number of ether oxygens (including phenoxy) is 3. The predicted octanol–water partition coefficient (Wildman–Crippen LogP) is 1.43. The molecule has 3 rings (SSSR count). The van der Waals surface area contributed by atoms with Gasteiger partial charge in [0, 0.05) is 11.6 Å². The molecule has 0 saturated carbocycles. The number of para-hydroxylation sites is 1. The first-order valence-corrected chi connectivity index (χ1v) is 9.16. The van der Waals surface area contributed by atoms with Crippen LogP contribution in [-0.2, 0) is 9.53 Å². The molecular formula is C20H18N4O8. The number of nitro groups is 1. The summed E-state index contributed by atoms with van der Waals surface area (Å²) in [5, 5.41) is 15.7. The highest BCUT2D eigenvalue weighted by atomic mass is 16.6. The molecule has 0 unspecified atom stereocenters. The van der Waals surface area contributed by atoms with Crippen molar-refractivity contribution in [2.45, 2.75) is 13.0 Å². The summed E-state index contributed by atoms with van der Waals surface area (Å²) in [6.07, 6.45) is -0.0455. The normalized spacial score (nSPS) is 12.0. The van der Waals surface area contributed by atoms with Crippen molar-refractivity contribution in [3.63, 3.8) is 0 Å². The summed E-state index contributed by atoms with van der Waals surface area (Å²) in [6.45, 7) is 1.36. The Labute approximate surface area is 179 Å². The molecule has 2 aromatic carbocycles. The lowest BCUT2D eigenvalue weighted by atomic mass is 10.2. The topological polar surface area (TPSA) is 155 Å². The fourth-order valence-corrected chi connectivity index (χ4v) is 2.86. The number of nitro benzene ring substituents is 1. The van der Waals surface area contributed by atoms with Gasteiger partial charge in [0.2, 0.25) is 5.75 Å². The van der Waals surface area contributed by atoms with E-state index in [-0.39, 0.29) is 22.4 Å². The Bertz CT molecular complexity index is 1340. The maximum atomic E-state index is 12.6. The quantitative estimate of drug-likeness (QED) is 0.249. The molecule has 12 heteroatoms. The maximum absolute atomic E-state index is 12.6. The summed E-state index contributed by atoms with van der Waals surface area (Å²) < 4.78 is 15.7. The Balaban J connectivity index is 2.07. The highest BCUT2D eigenvalue weighted by Gasteiger charge is 2.26. The molecule has 1 aromatic heterocycles. The van der Waals surface area contributed by atoms with Crippen LogP contribution in [0, 0.1) is 10.1 Å². The van der Waals surface area contributed by atoms with E-state index in [9.17, 15) is 24.5 Å². The molecule has 0 aliphatic heterocycles. The number of nitrogens with one attached hydrogen (secondary N) is 1. The van der Waals surface area contributed by atoms with Crippen molar-refractivity contribution in [1.82, 2.24) is 9.66 Å².